The molecule has 4 nitrogen and oxygen atoms in total. The van der Waals surface area contributed by atoms with E-state index in [9.17, 15) is 15.0 Å². The van der Waals surface area contributed by atoms with Gasteiger partial charge in [-0.2, -0.15) is 0 Å². The number of carboxylic acid groups (broad SMARTS) is 1. The minimum absolute atomic E-state index is 0.276. The molecular weight excluding hydrogens is 280 g/mol. The standard InChI is InChI=1S/C18H34O4/c1-2-3-10-13-16(19)17(20)14-11-8-6-4-5-7-9-12-15-18(21)22/h8,11,16-17,19-20H,2-7,9-10,12-15H2,1H3,(H,21,22)/b11-8-/t16-,17-/m1/s1. The molecule has 0 aliphatic carbocycles. The van der Waals surface area contributed by atoms with Crippen LogP contribution in [-0.2, 0) is 4.79 Å². The summed E-state index contributed by atoms with van der Waals surface area (Å²) in [5.41, 5.74) is 0. The summed E-state index contributed by atoms with van der Waals surface area (Å²) in [5.74, 6) is -0.710. The highest BCUT2D eigenvalue weighted by Gasteiger charge is 2.13. The van der Waals surface area contributed by atoms with Gasteiger partial charge in [0.1, 0.15) is 0 Å². The van der Waals surface area contributed by atoms with Gasteiger partial charge >= 0.3 is 5.97 Å². The highest BCUT2D eigenvalue weighted by molar-refractivity contribution is 5.66. The maximum Gasteiger partial charge on any atom is 0.303 e. The number of rotatable bonds is 15. The van der Waals surface area contributed by atoms with E-state index in [2.05, 4.69) is 13.0 Å². The maximum absolute atomic E-state index is 10.3. The van der Waals surface area contributed by atoms with Crippen molar-refractivity contribution in [3.05, 3.63) is 12.2 Å². The Hall–Kier alpha value is -0.870. The van der Waals surface area contributed by atoms with Gasteiger partial charge in [0.05, 0.1) is 12.2 Å². The quantitative estimate of drug-likeness (QED) is 0.315. The number of aliphatic hydroxyl groups excluding tert-OH is 2. The average Bonchev–Trinajstić information content (AvgIpc) is 2.48. The Balaban J connectivity index is 3.43. The molecule has 4 heteroatoms. The van der Waals surface area contributed by atoms with Crippen molar-refractivity contribution < 1.29 is 20.1 Å². The third-order valence-electron chi connectivity index (χ3n) is 3.85. The van der Waals surface area contributed by atoms with Crippen LogP contribution in [0.4, 0.5) is 0 Å². The molecule has 0 unspecified atom stereocenters. The van der Waals surface area contributed by atoms with E-state index < -0.39 is 18.2 Å². The van der Waals surface area contributed by atoms with E-state index in [1.807, 2.05) is 6.08 Å². The van der Waals surface area contributed by atoms with Crippen molar-refractivity contribution in [2.45, 2.75) is 96.2 Å². The molecule has 3 N–H and O–H groups in total. The Bertz CT molecular complexity index is 289. The first-order valence-electron chi connectivity index (χ1n) is 8.80. The zero-order valence-electron chi connectivity index (χ0n) is 14.0. The van der Waals surface area contributed by atoms with Gasteiger partial charge in [0.2, 0.25) is 0 Å². The fraction of sp³-hybridized carbons (Fsp3) is 0.833. The first-order chi connectivity index (χ1) is 10.6. The third-order valence-corrected chi connectivity index (χ3v) is 3.85. The second-order valence-electron chi connectivity index (χ2n) is 6.04. The number of hydrogen-bond acceptors (Lipinski definition) is 3. The summed E-state index contributed by atoms with van der Waals surface area (Å²) in [7, 11) is 0. The topological polar surface area (TPSA) is 77.8 Å². The normalized spacial score (nSPS) is 14.3. The molecule has 0 aliphatic rings. The molecule has 0 aromatic carbocycles. The largest absolute Gasteiger partial charge is 0.481 e. The van der Waals surface area contributed by atoms with Gasteiger partial charge in [-0.3, -0.25) is 4.79 Å². The number of hydrogen-bond donors (Lipinski definition) is 3. The van der Waals surface area contributed by atoms with Gasteiger partial charge in [0, 0.05) is 6.42 Å². The van der Waals surface area contributed by atoms with Gasteiger partial charge in [-0.25, -0.2) is 0 Å². The van der Waals surface area contributed by atoms with Crippen molar-refractivity contribution in [3.8, 4) is 0 Å². The summed E-state index contributed by atoms with van der Waals surface area (Å²) < 4.78 is 0. The molecule has 0 rings (SSSR count). The van der Waals surface area contributed by atoms with E-state index >= 15 is 0 Å². The van der Waals surface area contributed by atoms with E-state index in [4.69, 9.17) is 5.11 Å². The van der Waals surface area contributed by atoms with Gasteiger partial charge in [0.15, 0.2) is 0 Å². The summed E-state index contributed by atoms with van der Waals surface area (Å²) in [4.78, 5) is 10.3. The van der Waals surface area contributed by atoms with Crippen LogP contribution in [0.25, 0.3) is 0 Å². The highest BCUT2D eigenvalue weighted by atomic mass is 16.4. The van der Waals surface area contributed by atoms with Crippen LogP contribution in [0.1, 0.15) is 84.0 Å². The van der Waals surface area contributed by atoms with Crippen LogP contribution in [0.2, 0.25) is 0 Å². The van der Waals surface area contributed by atoms with E-state index in [1.54, 1.807) is 0 Å². The number of allylic oxidation sites excluding steroid dienone is 1. The summed E-state index contributed by atoms with van der Waals surface area (Å²) in [6.45, 7) is 2.12. The van der Waals surface area contributed by atoms with Gasteiger partial charge in [-0.1, -0.05) is 57.6 Å². The lowest BCUT2D eigenvalue weighted by molar-refractivity contribution is -0.137. The fourth-order valence-corrected chi connectivity index (χ4v) is 2.38. The van der Waals surface area contributed by atoms with Crippen molar-refractivity contribution in [1.29, 1.82) is 0 Å². The first-order valence-corrected chi connectivity index (χ1v) is 8.80. The molecule has 2 atom stereocenters. The fourth-order valence-electron chi connectivity index (χ4n) is 2.38. The summed E-state index contributed by atoms with van der Waals surface area (Å²) in [5, 5.41) is 28.1. The minimum atomic E-state index is -0.710. The molecule has 0 aromatic heterocycles. The van der Waals surface area contributed by atoms with E-state index in [0.717, 1.165) is 57.8 Å². The molecule has 0 saturated heterocycles. The van der Waals surface area contributed by atoms with Crippen molar-refractivity contribution in [1.82, 2.24) is 0 Å². The van der Waals surface area contributed by atoms with Crippen molar-refractivity contribution >= 4 is 5.97 Å². The van der Waals surface area contributed by atoms with Gasteiger partial charge in [0.25, 0.3) is 0 Å². The number of unbranched alkanes of at least 4 members (excludes halogenated alkanes) is 7. The lowest BCUT2D eigenvalue weighted by atomic mass is 10.0. The lowest BCUT2D eigenvalue weighted by Gasteiger charge is -2.15. The molecule has 0 heterocycles. The maximum atomic E-state index is 10.3. The zero-order chi connectivity index (χ0) is 16.6. The van der Waals surface area contributed by atoms with E-state index in [1.165, 1.54) is 0 Å². The second kappa shape index (κ2) is 15.0. The molecule has 0 aliphatic heterocycles. The molecule has 0 spiro atoms. The second-order valence-corrected chi connectivity index (χ2v) is 6.04. The smallest absolute Gasteiger partial charge is 0.303 e. The third kappa shape index (κ3) is 14.1. The Morgan fingerprint density at radius 3 is 2.27 bits per heavy atom. The Morgan fingerprint density at radius 2 is 1.59 bits per heavy atom. The van der Waals surface area contributed by atoms with E-state index in [-0.39, 0.29) is 6.42 Å². The van der Waals surface area contributed by atoms with Crippen molar-refractivity contribution in [3.63, 3.8) is 0 Å². The molecule has 0 radical (unpaired) electrons. The number of aliphatic hydroxyl groups is 2. The molecule has 22 heavy (non-hydrogen) atoms. The SMILES string of the molecule is CCCCC[C@@H](O)[C@H](O)C/C=C\CCCCCCCC(=O)O. The van der Waals surface area contributed by atoms with Crippen LogP contribution in [0, 0.1) is 0 Å². The van der Waals surface area contributed by atoms with Gasteiger partial charge in [-0.15, -0.1) is 0 Å². The average molecular weight is 314 g/mol. The molecule has 0 aromatic rings. The van der Waals surface area contributed by atoms with Crippen LogP contribution < -0.4 is 0 Å². The Morgan fingerprint density at radius 1 is 0.909 bits per heavy atom. The highest BCUT2D eigenvalue weighted by Crippen LogP contribution is 2.11. The Kier molecular flexibility index (Phi) is 14.4. The van der Waals surface area contributed by atoms with Crippen molar-refractivity contribution in [2.24, 2.45) is 0 Å². The molecule has 0 bridgehead atoms. The number of carboxylic acids is 1. The van der Waals surface area contributed by atoms with Crippen LogP contribution >= 0.6 is 0 Å². The van der Waals surface area contributed by atoms with Crippen LogP contribution in [0.3, 0.4) is 0 Å². The molecular formula is C18H34O4. The zero-order valence-corrected chi connectivity index (χ0v) is 14.0. The number of aliphatic carboxylic acids is 1. The lowest BCUT2D eigenvalue weighted by Crippen LogP contribution is -2.25. The minimum Gasteiger partial charge on any atom is -0.481 e. The summed E-state index contributed by atoms with van der Waals surface area (Å²) in [6, 6.07) is 0. The van der Waals surface area contributed by atoms with Crippen LogP contribution in [0.15, 0.2) is 12.2 Å². The number of carbonyl (C=O) groups is 1. The molecule has 0 fully saturated rings. The van der Waals surface area contributed by atoms with Crippen LogP contribution in [-0.4, -0.2) is 33.5 Å². The molecule has 0 amide bonds. The van der Waals surface area contributed by atoms with Gasteiger partial charge < -0.3 is 15.3 Å². The molecule has 0 saturated carbocycles. The summed E-state index contributed by atoms with van der Waals surface area (Å²) in [6.07, 6.45) is 13.5. The van der Waals surface area contributed by atoms with E-state index in [0.29, 0.717) is 12.8 Å². The predicted octanol–water partition coefficient (Wildman–Crippen LogP) is 4.05. The first kappa shape index (κ1) is 21.1. The van der Waals surface area contributed by atoms with Crippen LogP contribution in [0.5, 0.6) is 0 Å². The van der Waals surface area contributed by atoms with Gasteiger partial charge in [-0.05, 0) is 32.1 Å². The summed E-state index contributed by atoms with van der Waals surface area (Å²) >= 11 is 0. The Labute approximate surface area is 135 Å². The monoisotopic (exact) mass is 314 g/mol. The molecule has 130 valence electrons. The van der Waals surface area contributed by atoms with Crippen molar-refractivity contribution in [2.75, 3.05) is 0 Å². The predicted molar refractivity (Wildman–Crippen MR) is 89.9 cm³/mol.